The Bertz CT molecular complexity index is 687. The van der Waals surface area contributed by atoms with Gasteiger partial charge in [0.1, 0.15) is 0 Å². The minimum atomic E-state index is -3.62. The lowest BCUT2D eigenvalue weighted by Crippen LogP contribution is -2.18. The summed E-state index contributed by atoms with van der Waals surface area (Å²) in [4.78, 5) is 2.34. The van der Waals surface area contributed by atoms with Crippen molar-refractivity contribution in [3.8, 4) is 0 Å². The first-order valence-electron chi connectivity index (χ1n) is 5.57. The number of rotatable bonds is 4. The Hall–Kier alpha value is -2.15. The normalized spacial score (nSPS) is 11.9. The van der Waals surface area contributed by atoms with Crippen molar-refractivity contribution in [3.63, 3.8) is 0 Å². The van der Waals surface area contributed by atoms with Crippen molar-refractivity contribution in [2.45, 2.75) is 11.8 Å². The first-order valence-corrected chi connectivity index (χ1v) is 7.06. The Balaban J connectivity index is 2.09. The molecule has 0 atom stereocenters. The van der Waals surface area contributed by atoms with Gasteiger partial charge in [-0.15, -0.1) is 0 Å². The smallest absolute Gasteiger partial charge is 0.275 e. The third kappa shape index (κ3) is 3.41. The van der Waals surface area contributed by atoms with Gasteiger partial charge in [0.2, 0.25) is 0 Å². The third-order valence-corrected chi connectivity index (χ3v) is 3.68. The monoisotopic (exact) mass is 278 g/mol. The zero-order chi connectivity index (χ0) is 13.9. The third-order valence-electron chi connectivity index (χ3n) is 2.44. The van der Waals surface area contributed by atoms with Gasteiger partial charge in [0.25, 0.3) is 10.0 Å². The van der Waals surface area contributed by atoms with Crippen LogP contribution in [0.25, 0.3) is 0 Å². The highest BCUT2D eigenvalue weighted by Crippen LogP contribution is 2.09. The highest BCUT2D eigenvalue weighted by molar-refractivity contribution is 7.89. The molecule has 6 nitrogen and oxygen atoms in total. The van der Waals surface area contributed by atoms with Gasteiger partial charge >= 0.3 is 0 Å². The molecular weight excluding hydrogens is 264 g/mol. The van der Waals surface area contributed by atoms with Crippen LogP contribution in [0.15, 0.2) is 46.7 Å². The number of sulfonamides is 1. The minimum Gasteiger partial charge on any atom is -0.275 e. The minimum absolute atomic E-state index is 0.182. The molecule has 0 unspecified atom stereocenters. The maximum atomic E-state index is 11.9. The van der Waals surface area contributed by atoms with E-state index in [1.807, 2.05) is 6.92 Å². The first-order chi connectivity index (χ1) is 8.97. The van der Waals surface area contributed by atoms with E-state index < -0.39 is 10.0 Å². The van der Waals surface area contributed by atoms with Crippen LogP contribution in [0.3, 0.4) is 0 Å². The Labute approximate surface area is 111 Å². The average Bonchev–Trinajstić information content (AvgIpc) is 2.75. The van der Waals surface area contributed by atoms with Gasteiger partial charge in [0.05, 0.1) is 17.3 Å². The summed E-state index contributed by atoms with van der Waals surface area (Å²) >= 11 is 0. The predicted octanol–water partition coefficient (Wildman–Crippen LogP) is 1.04. The second-order valence-corrected chi connectivity index (χ2v) is 5.77. The molecule has 0 bridgehead atoms. The first kappa shape index (κ1) is 13.3. The molecular formula is C12H14N4O2S. The highest BCUT2D eigenvalue weighted by Gasteiger charge is 2.11. The fourth-order valence-electron chi connectivity index (χ4n) is 1.45. The second-order valence-electron chi connectivity index (χ2n) is 4.11. The predicted molar refractivity (Wildman–Crippen MR) is 72.3 cm³/mol. The molecule has 2 aromatic rings. The summed E-state index contributed by atoms with van der Waals surface area (Å²) in [5.74, 6) is 0. The summed E-state index contributed by atoms with van der Waals surface area (Å²) in [6.07, 6.45) is 4.71. The largest absolute Gasteiger partial charge is 0.276 e. The Kier molecular flexibility index (Phi) is 3.66. The van der Waals surface area contributed by atoms with Gasteiger partial charge in [-0.05, 0) is 19.1 Å². The van der Waals surface area contributed by atoms with Crippen molar-refractivity contribution in [2.24, 2.45) is 12.1 Å². The number of benzene rings is 1. The van der Waals surface area contributed by atoms with E-state index in [1.54, 1.807) is 36.3 Å². The van der Waals surface area contributed by atoms with E-state index in [0.717, 1.165) is 5.56 Å². The molecule has 19 heavy (non-hydrogen) atoms. The van der Waals surface area contributed by atoms with Crippen LogP contribution in [0.1, 0.15) is 11.1 Å². The average molecular weight is 278 g/mol. The maximum Gasteiger partial charge on any atom is 0.276 e. The van der Waals surface area contributed by atoms with Gasteiger partial charge in [-0.2, -0.15) is 18.6 Å². The molecule has 0 aliphatic carbocycles. The van der Waals surface area contributed by atoms with Crippen LogP contribution in [0.2, 0.25) is 0 Å². The standard InChI is InChI=1S/C12H14N4O2S/c1-10-3-5-12(6-4-10)19(17,18)15-13-7-11-8-14-16(2)9-11/h3-9,15H,1-2H3/b13-7-. The fraction of sp³-hybridized carbons (Fsp3) is 0.167. The van der Waals surface area contributed by atoms with Crippen molar-refractivity contribution in [1.82, 2.24) is 14.6 Å². The number of hydrogen-bond acceptors (Lipinski definition) is 4. The molecule has 0 radical (unpaired) electrons. The van der Waals surface area contributed by atoms with Gasteiger partial charge in [0.15, 0.2) is 0 Å². The molecule has 0 saturated carbocycles. The molecule has 0 aliphatic heterocycles. The Morgan fingerprint density at radius 1 is 1.32 bits per heavy atom. The lowest BCUT2D eigenvalue weighted by atomic mass is 10.2. The number of hydrazone groups is 1. The van der Waals surface area contributed by atoms with Crippen LogP contribution in [0.5, 0.6) is 0 Å². The Morgan fingerprint density at radius 2 is 2.00 bits per heavy atom. The molecule has 0 amide bonds. The summed E-state index contributed by atoms with van der Waals surface area (Å²) in [7, 11) is -1.84. The van der Waals surface area contributed by atoms with Crippen molar-refractivity contribution in [1.29, 1.82) is 0 Å². The fourth-order valence-corrected chi connectivity index (χ4v) is 2.24. The highest BCUT2D eigenvalue weighted by atomic mass is 32.2. The molecule has 100 valence electrons. The van der Waals surface area contributed by atoms with Crippen molar-refractivity contribution < 1.29 is 8.42 Å². The van der Waals surface area contributed by atoms with Gasteiger partial charge in [-0.3, -0.25) is 4.68 Å². The number of hydrogen-bond donors (Lipinski definition) is 1. The summed E-state index contributed by atoms with van der Waals surface area (Å²) in [5.41, 5.74) is 1.71. The molecule has 0 saturated heterocycles. The second kappa shape index (κ2) is 5.23. The molecule has 0 fully saturated rings. The van der Waals surface area contributed by atoms with Crippen molar-refractivity contribution in [2.75, 3.05) is 0 Å². The molecule has 1 aromatic carbocycles. The van der Waals surface area contributed by atoms with Gasteiger partial charge in [-0.25, -0.2) is 4.83 Å². The maximum absolute atomic E-state index is 11.9. The molecule has 2 rings (SSSR count). The number of nitrogens with one attached hydrogen (secondary N) is 1. The van der Waals surface area contributed by atoms with Crippen LogP contribution in [-0.4, -0.2) is 24.4 Å². The van der Waals surface area contributed by atoms with Crippen molar-refractivity contribution in [3.05, 3.63) is 47.8 Å². The van der Waals surface area contributed by atoms with Crippen LogP contribution >= 0.6 is 0 Å². The zero-order valence-corrected chi connectivity index (χ0v) is 11.4. The van der Waals surface area contributed by atoms with Gasteiger partial charge in [0, 0.05) is 18.8 Å². The topological polar surface area (TPSA) is 76.3 Å². The number of nitrogens with zero attached hydrogens (tertiary/aromatic N) is 3. The van der Waals surface area contributed by atoms with Gasteiger partial charge in [-0.1, -0.05) is 17.7 Å². The SMILES string of the molecule is Cc1ccc(S(=O)(=O)N/N=C\c2cnn(C)c2)cc1. The van der Waals surface area contributed by atoms with Crippen LogP contribution < -0.4 is 4.83 Å². The Morgan fingerprint density at radius 3 is 2.58 bits per heavy atom. The molecule has 0 spiro atoms. The zero-order valence-electron chi connectivity index (χ0n) is 10.6. The van der Waals surface area contributed by atoms with E-state index in [4.69, 9.17) is 0 Å². The molecule has 1 aromatic heterocycles. The van der Waals surface area contributed by atoms with E-state index in [1.165, 1.54) is 18.3 Å². The lowest BCUT2D eigenvalue weighted by Gasteiger charge is -2.02. The van der Waals surface area contributed by atoms with Crippen LogP contribution in [0.4, 0.5) is 0 Å². The van der Waals surface area contributed by atoms with E-state index in [9.17, 15) is 8.42 Å². The summed E-state index contributed by atoms with van der Waals surface area (Å²) in [5, 5.41) is 7.66. The van der Waals surface area contributed by atoms with Crippen LogP contribution in [-0.2, 0) is 17.1 Å². The van der Waals surface area contributed by atoms with Crippen LogP contribution in [0, 0.1) is 6.92 Å². The lowest BCUT2D eigenvalue weighted by molar-refractivity contribution is 0.584. The quantitative estimate of drug-likeness (QED) is 0.670. The van der Waals surface area contributed by atoms with E-state index in [2.05, 4.69) is 15.0 Å². The summed E-state index contributed by atoms with van der Waals surface area (Å²) in [6.45, 7) is 1.89. The number of aryl methyl sites for hydroxylation is 2. The number of aromatic nitrogens is 2. The molecule has 1 N–H and O–H groups in total. The van der Waals surface area contributed by atoms with Gasteiger partial charge < -0.3 is 0 Å². The molecule has 7 heteroatoms. The molecule has 1 heterocycles. The summed E-state index contributed by atoms with van der Waals surface area (Å²) < 4.78 is 25.4. The van der Waals surface area contributed by atoms with E-state index in [0.29, 0.717) is 5.56 Å². The molecule has 0 aliphatic rings. The van der Waals surface area contributed by atoms with Crippen molar-refractivity contribution >= 4 is 16.2 Å². The van der Waals surface area contributed by atoms with E-state index >= 15 is 0 Å². The van der Waals surface area contributed by atoms with E-state index in [-0.39, 0.29) is 4.90 Å². The summed E-state index contributed by atoms with van der Waals surface area (Å²) in [6, 6.07) is 6.55.